The normalized spacial score (nSPS) is 17.6. The number of fused-ring (bicyclic) bond motifs is 1. The van der Waals surface area contributed by atoms with Crippen LogP contribution < -0.4 is 11.1 Å². The van der Waals surface area contributed by atoms with Gasteiger partial charge in [-0.1, -0.05) is 6.07 Å². The molecule has 1 atom stereocenters. The number of nitrogens with two attached hydrogens (primary N) is 1. The van der Waals surface area contributed by atoms with Gasteiger partial charge in [0.15, 0.2) is 11.5 Å². The minimum Gasteiger partial charge on any atom is -0.379 e. The number of rotatable bonds is 5. The molecule has 5 rings (SSSR count). The molecule has 11 heteroatoms. The molecule has 10 nitrogen and oxygen atoms in total. The third kappa shape index (κ3) is 3.92. The molecule has 2 aromatic heterocycles. The quantitative estimate of drug-likeness (QED) is 0.593. The number of nitrogens with zero attached hydrogens (tertiary/aromatic N) is 5. The van der Waals surface area contributed by atoms with Crippen molar-refractivity contribution in [3.05, 3.63) is 47.2 Å². The molecule has 0 saturated carbocycles. The van der Waals surface area contributed by atoms with Crippen LogP contribution >= 0.6 is 0 Å². The molecule has 0 spiro atoms. The van der Waals surface area contributed by atoms with Gasteiger partial charge in [-0.25, -0.2) is 4.39 Å². The Hall–Kier alpha value is -3.73. The molecule has 1 saturated heterocycles. The summed E-state index contributed by atoms with van der Waals surface area (Å²) in [5.74, 6) is -0.672. The lowest BCUT2D eigenvalue weighted by Crippen LogP contribution is -2.35. The number of ether oxygens (including phenoxy) is 1. The summed E-state index contributed by atoms with van der Waals surface area (Å²) in [6, 6.07) is 4.75. The van der Waals surface area contributed by atoms with Crippen LogP contribution in [-0.2, 0) is 29.5 Å². The molecule has 1 aromatic carbocycles. The zero-order valence-corrected chi connectivity index (χ0v) is 19.0. The number of aromatic nitrogens is 4. The van der Waals surface area contributed by atoms with Gasteiger partial charge in [-0.15, -0.1) is 0 Å². The highest BCUT2D eigenvalue weighted by molar-refractivity contribution is 5.97. The molecular formula is C23H26FN7O3. The summed E-state index contributed by atoms with van der Waals surface area (Å²) >= 11 is 0. The first-order chi connectivity index (χ1) is 16.3. The fourth-order valence-electron chi connectivity index (χ4n) is 4.63. The van der Waals surface area contributed by atoms with Crippen LogP contribution in [0.15, 0.2) is 24.4 Å². The van der Waals surface area contributed by atoms with E-state index >= 15 is 4.39 Å². The van der Waals surface area contributed by atoms with Gasteiger partial charge in [-0.2, -0.15) is 10.2 Å². The van der Waals surface area contributed by atoms with E-state index in [0.29, 0.717) is 49.7 Å². The van der Waals surface area contributed by atoms with Crippen molar-refractivity contribution in [1.29, 1.82) is 0 Å². The van der Waals surface area contributed by atoms with Gasteiger partial charge < -0.3 is 20.7 Å². The predicted octanol–water partition coefficient (Wildman–Crippen LogP) is 2.13. The second-order valence-electron chi connectivity index (χ2n) is 8.68. The third-order valence-corrected chi connectivity index (χ3v) is 6.38. The van der Waals surface area contributed by atoms with Crippen LogP contribution in [-0.4, -0.2) is 56.0 Å². The number of carbonyl (C=O) groups excluding carboxylic acids is 2. The van der Waals surface area contributed by atoms with Crippen LogP contribution in [0.1, 0.15) is 41.1 Å². The highest BCUT2D eigenvalue weighted by atomic mass is 19.1. The lowest BCUT2D eigenvalue weighted by Gasteiger charge is -2.27. The van der Waals surface area contributed by atoms with E-state index in [0.717, 1.165) is 17.7 Å². The number of anilines is 2. The van der Waals surface area contributed by atoms with Gasteiger partial charge >= 0.3 is 0 Å². The van der Waals surface area contributed by atoms with E-state index in [2.05, 4.69) is 10.4 Å². The SMILES string of the molecule is CC(=O)N1CCc2c(c(Nc3ccc(-c4cn(C)nc4C(N)=O)cc3F)nn2C2CCOC2)C1. The molecule has 2 aliphatic heterocycles. The maximum absolute atomic E-state index is 15.2. The van der Waals surface area contributed by atoms with Crippen molar-refractivity contribution in [1.82, 2.24) is 24.5 Å². The van der Waals surface area contributed by atoms with Crippen molar-refractivity contribution in [3.8, 4) is 11.1 Å². The average molecular weight is 468 g/mol. The maximum atomic E-state index is 15.2. The summed E-state index contributed by atoms with van der Waals surface area (Å²) in [5, 5.41) is 12.0. The Bertz CT molecular complexity index is 1280. The summed E-state index contributed by atoms with van der Waals surface area (Å²) in [4.78, 5) is 25.5. The van der Waals surface area contributed by atoms with Crippen molar-refractivity contribution in [2.24, 2.45) is 12.8 Å². The van der Waals surface area contributed by atoms with Crippen LogP contribution in [0.3, 0.4) is 0 Å². The van der Waals surface area contributed by atoms with Gasteiger partial charge in [0.25, 0.3) is 5.91 Å². The number of benzene rings is 1. The zero-order chi connectivity index (χ0) is 24.0. The van der Waals surface area contributed by atoms with Crippen LogP contribution in [0, 0.1) is 5.82 Å². The van der Waals surface area contributed by atoms with Gasteiger partial charge in [0, 0.05) is 56.6 Å². The van der Waals surface area contributed by atoms with E-state index in [1.807, 2.05) is 4.68 Å². The first-order valence-electron chi connectivity index (χ1n) is 11.2. The fraction of sp³-hybridized carbons (Fsp3) is 0.391. The first-order valence-corrected chi connectivity index (χ1v) is 11.2. The number of primary amides is 1. The molecule has 3 aromatic rings. The molecule has 178 valence electrons. The number of hydrogen-bond acceptors (Lipinski definition) is 6. The second kappa shape index (κ2) is 8.56. The monoisotopic (exact) mass is 467 g/mol. The van der Waals surface area contributed by atoms with Crippen molar-refractivity contribution < 1.29 is 18.7 Å². The van der Waals surface area contributed by atoms with Crippen molar-refractivity contribution >= 4 is 23.3 Å². The molecule has 3 N–H and O–H groups in total. The Balaban J connectivity index is 1.49. The summed E-state index contributed by atoms with van der Waals surface area (Å²) in [6.45, 7) is 3.85. The summed E-state index contributed by atoms with van der Waals surface area (Å²) in [5.41, 5.74) is 8.63. The van der Waals surface area contributed by atoms with E-state index in [-0.39, 0.29) is 23.3 Å². The highest BCUT2D eigenvalue weighted by Gasteiger charge is 2.30. The van der Waals surface area contributed by atoms with Gasteiger partial charge in [-0.3, -0.25) is 19.0 Å². The molecule has 1 unspecified atom stereocenters. The van der Waals surface area contributed by atoms with Gasteiger partial charge in [0.2, 0.25) is 5.91 Å². The molecular weight excluding hydrogens is 441 g/mol. The molecule has 2 amide bonds. The van der Waals surface area contributed by atoms with E-state index in [4.69, 9.17) is 15.6 Å². The summed E-state index contributed by atoms with van der Waals surface area (Å²) in [7, 11) is 1.67. The summed E-state index contributed by atoms with van der Waals surface area (Å²) < 4.78 is 24.2. The Morgan fingerprint density at radius 2 is 2.12 bits per heavy atom. The average Bonchev–Trinajstić information content (AvgIpc) is 3.53. The maximum Gasteiger partial charge on any atom is 0.269 e. The topological polar surface area (TPSA) is 120 Å². The van der Waals surface area contributed by atoms with E-state index in [1.165, 1.54) is 10.7 Å². The number of amides is 2. The van der Waals surface area contributed by atoms with Crippen LogP contribution in [0.2, 0.25) is 0 Å². The first kappa shape index (κ1) is 22.1. The largest absolute Gasteiger partial charge is 0.379 e. The minimum absolute atomic E-state index is 0.00851. The number of aryl methyl sites for hydroxylation is 1. The molecule has 0 bridgehead atoms. The van der Waals surface area contributed by atoms with Crippen LogP contribution in [0.4, 0.5) is 15.9 Å². The van der Waals surface area contributed by atoms with E-state index in [9.17, 15) is 9.59 Å². The predicted molar refractivity (Wildman–Crippen MR) is 122 cm³/mol. The Morgan fingerprint density at radius 3 is 2.79 bits per heavy atom. The second-order valence-corrected chi connectivity index (χ2v) is 8.68. The van der Waals surface area contributed by atoms with Crippen LogP contribution in [0.25, 0.3) is 11.1 Å². The van der Waals surface area contributed by atoms with E-state index in [1.54, 1.807) is 37.2 Å². The lowest BCUT2D eigenvalue weighted by atomic mass is 10.0. The molecule has 0 radical (unpaired) electrons. The van der Waals surface area contributed by atoms with Gasteiger partial charge in [0.05, 0.1) is 24.9 Å². The molecule has 34 heavy (non-hydrogen) atoms. The Kier molecular flexibility index (Phi) is 5.56. The van der Waals surface area contributed by atoms with E-state index < -0.39 is 11.7 Å². The number of hydrogen-bond donors (Lipinski definition) is 2. The molecule has 4 heterocycles. The summed E-state index contributed by atoms with van der Waals surface area (Å²) in [6.07, 6.45) is 3.17. The van der Waals surface area contributed by atoms with Crippen LogP contribution in [0.5, 0.6) is 0 Å². The smallest absolute Gasteiger partial charge is 0.269 e. The molecule has 0 aliphatic carbocycles. The van der Waals surface area contributed by atoms with Gasteiger partial charge in [-0.05, 0) is 24.1 Å². The van der Waals surface area contributed by atoms with Crippen molar-refractivity contribution in [3.63, 3.8) is 0 Å². The standard InChI is InChI=1S/C23H26FN7O3/c1-13(32)30-7-5-20-17(11-30)23(28-31(20)15-6-8-34-12-15)26-19-4-3-14(9-18(19)24)16-10-29(2)27-21(16)22(25)33/h3-4,9-10,15H,5-8,11-12H2,1-2H3,(H2,25,33)(H,26,28). The lowest BCUT2D eigenvalue weighted by molar-refractivity contribution is -0.129. The molecule has 1 fully saturated rings. The fourth-order valence-corrected chi connectivity index (χ4v) is 4.63. The highest BCUT2D eigenvalue weighted by Crippen LogP contribution is 2.34. The van der Waals surface area contributed by atoms with Crippen molar-refractivity contribution in [2.75, 3.05) is 25.1 Å². The number of carbonyl (C=O) groups is 2. The Labute approximate surface area is 195 Å². The third-order valence-electron chi connectivity index (χ3n) is 6.38. The van der Waals surface area contributed by atoms with Crippen molar-refractivity contribution in [2.45, 2.75) is 32.4 Å². The zero-order valence-electron chi connectivity index (χ0n) is 19.0. The number of nitrogens with one attached hydrogen (secondary N) is 1. The molecule has 2 aliphatic rings. The number of halogens is 1. The minimum atomic E-state index is -0.679. The Morgan fingerprint density at radius 1 is 1.29 bits per heavy atom. The van der Waals surface area contributed by atoms with Gasteiger partial charge in [0.1, 0.15) is 5.82 Å².